The summed E-state index contributed by atoms with van der Waals surface area (Å²) in [6.07, 6.45) is 3.60. The Hall–Kier alpha value is -5.05. The highest BCUT2D eigenvalue weighted by atomic mass is 16.5. The highest BCUT2D eigenvalue weighted by Gasteiger charge is 2.22. The lowest BCUT2D eigenvalue weighted by molar-refractivity contribution is -0.166. The summed E-state index contributed by atoms with van der Waals surface area (Å²) >= 11 is 0. The van der Waals surface area contributed by atoms with Gasteiger partial charge in [-0.05, 0) is 51.4 Å². The van der Waals surface area contributed by atoms with Crippen molar-refractivity contribution >= 4 is 53.4 Å². The molecule has 1 heterocycles. The van der Waals surface area contributed by atoms with Crippen LogP contribution in [-0.2, 0) is 43.2 Å². The molecule has 65 heavy (non-hydrogen) atoms. The Morgan fingerprint density at radius 1 is 0.400 bits per heavy atom. The van der Waals surface area contributed by atoms with E-state index in [-0.39, 0.29) is 135 Å². The first-order valence-corrected chi connectivity index (χ1v) is 22.2. The second kappa shape index (κ2) is 34.3. The first kappa shape index (κ1) is 58.0. The van der Waals surface area contributed by atoms with E-state index in [2.05, 4.69) is 16.0 Å². The lowest BCUT2D eigenvalue weighted by atomic mass is 10.2. The predicted octanol–water partition coefficient (Wildman–Crippen LogP) is -1.84. The van der Waals surface area contributed by atoms with Crippen molar-refractivity contribution in [1.29, 1.82) is 0 Å². The average molecular weight is 933 g/mol. The SMILES string of the molecule is CC(=O)N(O)CCCCCNC(=O)CCC(=O)N(O)CCCCCNC(=O)CCC(=O)N(O)CCCCNC(=O)CN1CCN(CC(=O)O)CCN(CC(=O)O)CCN(CC(=O)O)CC1. The van der Waals surface area contributed by atoms with Gasteiger partial charge in [-0.15, -0.1) is 0 Å². The van der Waals surface area contributed by atoms with E-state index in [4.69, 9.17) is 0 Å². The van der Waals surface area contributed by atoms with Gasteiger partial charge in [-0.1, -0.05) is 0 Å². The second-order valence-electron chi connectivity index (χ2n) is 15.8. The normalized spacial score (nSPS) is 14.6. The van der Waals surface area contributed by atoms with E-state index >= 15 is 0 Å². The molecule has 1 saturated heterocycles. The maximum Gasteiger partial charge on any atom is 0.317 e. The quantitative estimate of drug-likeness (QED) is 0.0210. The number of amides is 6. The smallest absolute Gasteiger partial charge is 0.317 e. The number of aliphatic carboxylic acids is 3. The highest BCUT2D eigenvalue weighted by molar-refractivity contribution is 5.84. The monoisotopic (exact) mass is 933 g/mol. The lowest BCUT2D eigenvalue weighted by Crippen LogP contribution is -2.49. The van der Waals surface area contributed by atoms with E-state index in [1.807, 2.05) is 0 Å². The maximum absolute atomic E-state index is 12.9. The zero-order valence-corrected chi connectivity index (χ0v) is 37.7. The van der Waals surface area contributed by atoms with Crippen LogP contribution in [0.3, 0.4) is 0 Å². The molecule has 0 aromatic heterocycles. The number of hydrogen-bond acceptors (Lipinski definition) is 16. The molecule has 0 spiro atoms. The molecule has 1 aliphatic heterocycles. The first-order chi connectivity index (χ1) is 30.9. The number of carbonyl (C=O) groups is 9. The molecule has 372 valence electrons. The van der Waals surface area contributed by atoms with Crippen molar-refractivity contribution in [3.63, 3.8) is 0 Å². The third-order valence-electron chi connectivity index (χ3n) is 10.3. The summed E-state index contributed by atoms with van der Waals surface area (Å²) in [7, 11) is 0. The Kier molecular flexibility index (Phi) is 30.6. The van der Waals surface area contributed by atoms with Gasteiger partial charge in [0.15, 0.2) is 0 Å². The molecule has 0 saturated carbocycles. The van der Waals surface area contributed by atoms with Crippen LogP contribution >= 0.6 is 0 Å². The van der Waals surface area contributed by atoms with Gasteiger partial charge >= 0.3 is 17.9 Å². The molecule has 0 atom stereocenters. The van der Waals surface area contributed by atoms with Gasteiger partial charge in [-0.3, -0.25) is 78.4 Å². The summed E-state index contributed by atoms with van der Waals surface area (Å²) in [6.45, 7) is 3.66. The molecule has 1 aliphatic rings. The molecule has 25 nitrogen and oxygen atoms in total. The molecule has 6 amide bonds. The summed E-state index contributed by atoms with van der Waals surface area (Å²) < 4.78 is 0. The fourth-order valence-corrected chi connectivity index (χ4v) is 6.52. The molecular formula is C40H72N10O15. The zero-order chi connectivity index (χ0) is 48.6. The molecular weight excluding hydrogens is 860 g/mol. The number of carboxylic acids is 3. The minimum atomic E-state index is -1.05. The summed E-state index contributed by atoms with van der Waals surface area (Å²) in [6, 6.07) is 0. The Morgan fingerprint density at radius 3 is 1.03 bits per heavy atom. The maximum atomic E-state index is 12.9. The van der Waals surface area contributed by atoms with E-state index in [0.29, 0.717) is 92.7 Å². The van der Waals surface area contributed by atoms with E-state index in [9.17, 15) is 74.1 Å². The molecule has 0 bridgehead atoms. The van der Waals surface area contributed by atoms with Crippen LogP contribution in [-0.4, -0.2) is 237 Å². The number of rotatable bonds is 31. The van der Waals surface area contributed by atoms with Crippen molar-refractivity contribution in [2.24, 2.45) is 0 Å². The van der Waals surface area contributed by atoms with Crippen LogP contribution in [0.4, 0.5) is 0 Å². The number of unbranched alkanes of at least 4 members (excludes halogenated alkanes) is 5. The Morgan fingerprint density at radius 2 is 0.692 bits per heavy atom. The number of hydrogen-bond donors (Lipinski definition) is 9. The van der Waals surface area contributed by atoms with Gasteiger partial charge in [-0.25, -0.2) is 15.2 Å². The third-order valence-corrected chi connectivity index (χ3v) is 10.3. The van der Waals surface area contributed by atoms with Crippen LogP contribution in [0, 0.1) is 0 Å². The number of nitrogens with zero attached hydrogens (tertiary/aromatic N) is 7. The minimum Gasteiger partial charge on any atom is -0.480 e. The number of carbonyl (C=O) groups excluding carboxylic acids is 6. The summed E-state index contributed by atoms with van der Waals surface area (Å²) in [4.78, 5) is 114. The van der Waals surface area contributed by atoms with Gasteiger partial charge in [0.1, 0.15) is 0 Å². The van der Waals surface area contributed by atoms with Crippen molar-refractivity contribution in [3.8, 4) is 0 Å². The van der Waals surface area contributed by atoms with Gasteiger partial charge < -0.3 is 31.3 Å². The van der Waals surface area contributed by atoms with Gasteiger partial charge in [0.25, 0.3) is 0 Å². The summed E-state index contributed by atoms with van der Waals surface area (Å²) in [5.74, 6) is -5.89. The van der Waals surface area contributed by atoms with Crippen molar-refractivity contribution in [2.75, 3.05) is 118 Å². The molecule has 0 aromatic rings. The van der Waals surface area contributed by atoms with Gasteiger partial charge in [0.2, 0.25) is 35.4 Å². The molecule has 25 heteroatoms. The fraction of sp³-hybridized carbons (Fsp3) is 0.775. The number of carboxylic acid groups (broad SMARTS) is 3. The Labute approximate surface area is 379 Å². The van der Waals surface area contributed by atoms with Crippen LogP contribution in [0.2, 0.25) is 0 Å². The van der Waals surface area contributed by atoms with Crippen LogP contribution in [0.1, 0.15) is 84.0 Å². The fourth-order valence-electron chi connectivity index (χ4n) is 6.52. The molecule has 0 radical (unpaired) electrons. The van der Waals surface area contributed by atoms with Crippen LogP contribution in [0.15, 0.2) is 0 Å². The van der Waals surface area contributed by atoms with Crippen molar-refractivity contribution < 1.29 is 74.1 Å². The summed E-state index contributed by atoms with van der Waals surface area (Å²) in [5, 5.41) is 67.5. The third kappa shape index (κ3) is 30.7. The first-order valence-electron chi connectivity index (χ1n) is 22.2. The topological polar surface area (TPSA) is 334 Å². The van der Waals surface area contributed by atoms with Crippen molar-refractivity contribution in [2.45, 2.75) is 84.0 Å². The van der Waals surface area contributed by atoms with E-state index in [0.717, 1.165) is 0 Å². The van der Waals surface area contributed by atoms with Gasteiger partial charge in [0, 0.05) is 124 Å². The standard InChI is InChI=1S/C40H72N10O15/c1-32(51)48(63)17-7-2-4-14-41-33(52)10-12-36(55)49(64)18-8-3-5-15-42-34(53)11-13-37(56)50(65)19-9-6-16-43-35(54)28-44-20-22-45(29-38(57)58)24-26-47(31-40(61)62)27-25-46(23-21-44)30-39(59)60/h63-65H,2-31H2,1H3,(H,41,52)(H,42,53)(H,43,54)(H,57,58)(H,59,60)(H,61,62). The molecule has 0 aromatic carbocycles. The van der Waals surface area contributed by atoms with Gasteiger partial charge in [0.05, 0.1) is 26.2 Å². The number of nitrogens with one attached hydrogen (secondary N) is 3. The van der Waals surface area contributed by atoms with Crippen LogP contribution in [0.5, 0.6) is 0 Å². The van der Waals surface area contributed by atoms with Gasteiger partial charge in [-0.2, -0.15) is 0 Å². The molecule has 9 N–H and O–H groups in total. The van der Waals surface area contributed by atoms with Crippen molar-refractivity contribution in [3.05, 3.63) is 0 Å². The Bertz CT molecular complexity index is 1480. The predicted molar refractivity (Wildman–Crippen MR) is 229 cm³/mol. The Balaban J connectivity index is 2.29. The van der Waals surface area contributed by atoms with E-state index in [1.54, 1.807) is 19.6 Å². The molecule has 0 aliphatic carbocycles. The van der Waals surface area contributed by atoms with E-state index < -0.39 is 35.6 Å². The minimum absolute atomic E-state index is 0.0284. The largest absolute Gasteiger partial charge is 0.480 e. The van der Waals surface area contributed by atoms with Crippen LogP contribution < -0.4 is 16.0 Å². The zero-order valence-electron chi connectivity index (χ0n) is 37.7. The van der Waals surface area contributed by atoms with Crippen LogP contribution in [0.25, 0.3) is 0 Å². The molecule has 0 unspecified atom stereocenters. The number of hydroxylamine groups is 6. The molecule has 1 rings (SSSR count). The second-order valence-corrected chi connectivity index (χ2v) is 15.8. The highest BCUT2D eigenvalue weighted by Crippen LogP contribution is 2.05. The van der Waals surface area contributed by atoms with E-state index in [1.165, 1.54) is 6.92 Å². The van der Waals surface area contributed by atoms with Crippen molar-refractivity contribution in [1.82, 2.24) is 50.7 Å². The summed E-state index contributed by atoms with van der Waals surface area (Å²) in [5.41, 5.74) is 0. The molecule has 1 fully saturated rings. The lowest BCUT2D eigenvalue weighted by Gasteiger charge is -2.32. The average Bonchev–Trinajstić information content (AvgIpc) is 3.24.